The maximum atomic E-state index is 12.9. The predicted octanol–water partition coefficient (Wildman–Crippen LogP) is 2.55. The minimum absolute atomic E-state index is 0.00844. The molecule has 3 aromatic heterocycles. The zero-order chi connectivity index (χ0) is 28.1. The highest BCUT2D eigenvalue weighted by Gasteiger charge is 2.21. The SMILES string of the molecule is C=C(Br)C(=O)Nc1c[nH]c(C(=O)Nc2c[nH]c(C(=O)Nc3c[nH]c(C(=O)NCCC(N)=O)c3C)c2C)c1C. The summed E-state index contributed by atoms with van der Waals surface area (Å²) in [6.07, 6.45) is 4.47. The van der Waals surface area contributed by atoms with Crippen LogP contribution >= 0.6 is 15.9 Å². The van der Waals surface area contributed by atoms with E-state index in [1.165, 1.54) is 18.6 Å². The van der Waals surface area contributed by atoms with Crippen LogP contribution < -0.4 is 27.0 Å². The van der Waals surface area contributed by atoms with Crippen LogP contribution in [0, 0.1) is 20.8 Å². The fraction of sp³-hybridized carbons (Fsp3) is 0.208. The Morgan fingerprint density at radius 1 is 0.763 bits per heavy atom. The molecule has 0 aliphatic heterocycles. The smallest absolute Gasteiger partial charge is 0.272 e. The van der Waals surface area contributed by atoms with Crippen LogP contribution in [0.15, 0.2) is 29.7 Å². The summed E-state index contributed by atoms with van der Waals surface area (Å²) in [7, 11) is 0. The first kappa shape index (κ1) is 28.0. The lowest BCUT2D eigenvalue weighted by molar-refractivity contribution is -0.118. The third-order valence-corrected chi connectivity index (χ3v) is 6.11. The van der Waals surface area contributed by atoms with Crippen molar-refractivity contribution in [2.24, 2.45) is 5.73 Å². The first-order chi connectivity index (χ1) is 17.9. The zero-order valence-corrected chi connectivity index (χ0v) is 22.4. The standard InChI is InChI=1S/C24H27BrN8O5/c1-10-15(8-28-18(10)22(36)27-6-5-17(26)34)32-24(38)20-12(3)16(9-30-20)33-23(37)19-11(2)14(7-29-19)31-21(35)13(4)25/h7-9,28-30H,4-6H2,1-3H3,(H2,26,34)(H,27,36)(H,31,35)(H,32,38)(H,33,37). The van der Waals surface area contributed by atoms with Crippen molar-refractivity contribution < 1.29 is 24.0 Å². The lowest BCUT2D eigenvalue weighted by Crippen LogP contribution is -2.28. The summed E-state index contributed by atoms with van der Waals surface area (Å²) in [6, 6.07) is 0. The van der Waals surface area contributed by atoms with Gasteiger partial charge in [0.25, 0.3) is 23.6 Å². The molecule has 0 saturated heterocycles. The van der Waals surface area contributed by atoms with E-state index in [1.807, 2.05) is 0 Å². The van der Waals surface area contributed by atoms with Crippen molar-refractivity contribution in [3.05, 3.63) is 63.4 Å². The molecule has 3 aromatic rings. The van der Waals surface area contributed by atoms with Crippen LogP contribution in [0.25, 0.3) is 0 Å². The summed E-state index contributed by atoms with van der Waals surface area (Å²) < 4.78 is 0.146. The van der Waals surface area contributed by atoms with Crippen molar-refractivity contribution >= 4 is 62.5 Å². The normalized spacial score (nSPS) is 10.5. The van der Waals surface area contributed by atoms with Gasteiger partial charge in [-0.2, -0.15) is 0 Å². The van der Waals surface area contributed by atoms with E-state index in [4.69, 9.17) is 5.73 Å². The minimum Gasteiger partial charge on any atom is -0.370 e. The number of hydrogen-bond donors (Lipinski definition) is 8. The van der Waals surface area contributed by atoms with E-state index in [2.05, 4.69) is 58.7 Å². The van der Waals surface area contributed by atoms with Crippen molar-refractivity contribution in [2.45, 2.75) is 27.2 Å². The quantitative estimate of drug-likeness (QED) is 0.168. The second kappa shape index (κ2) is 11.6. The molecule has 38 heavy (non-hydrogen) atoms. The van der Waals surface area contributed by atoms with Crippen molar-refractivity contribution in [3.8, 4) is 0 Å². The van der Waals surface area contributed by atoms with Crippen molar-refractivity contribution in [3.63, 3.8) is 0 Å². The second-order valence-corrected chi connectivity index (χ2v) is 9.30. The number of rotatable bonds is 10. The van der Waals surface area contributed by atoms with Crippen LogP contribution in [0.1, 0.15) is 54.6 Å². The lowest BCUT2D eigenvalue weighted by atomic mass is 10.2. The minimum atomic E-state index is -0.531. The molecule has 0 spiro atoms. The van der Waals surface area contributed by atoms with Crippen LogP contribution in [0.5, 0.6) is 0 Å². The number of nitrogens with one attached hydrogen (secondary N) is 7. The summed E-state index contributed by atoms with van der Waals surface area (Å²) in [6.45, 7) is 8.59. The van der Waals surface area contributed by atoms with Gasteiger partial charge in [-0.1, -0.05) is 6.58 Å². The van der Waals surface area contributed by atoms with Gasteiger partial charge in [-0.25, -0.2) is 0 Å². The van der Waals surface area contributed by atoms with Gasteiger partial charge in [-0.3, -0.25) is 24.0 Å². The zero-order valence-electron chi connectivity index (χ0n) is 20.8. The number of halogens is 1. The third kappa shape index (κ3) is 6.21. The number of carbonyl (C=O) groups excluding carboxylic acids is 5. The maximum absolute atomic E-state index is 12.9. The Hall–Kier alpha value is -4.59. The number of aromatic nitrogens is 3. The molecule has 200 valence electrons. The predicted molar refractivity (Wildman–Crippen MR) is 145 cm³/mol. The van der Waals surface area contributed by atoms with Crippen molar-refractivity contribution in [1.82, 2.24) is 20.3 Å². The average Bonchev–Trinajstić information content (AvgIpc) is 3.51. The van der Waals surface area contributed by atoms with E-state index in [0.717, 1.165) is 0 Å². The second-order valence-electron chi connectivity index (χ2n) is 8.35. The molecule has 0 unspecified atom stereocenters. The van der Waals surface area contributed by atoms with Crippen molar-refractivity contribution in [2.75, 3.05) is 22.5 Å². The summed E-state index contributed by atoms with van der Waals surface area (Å²) >= 11 is 3.00. The van der Waals surface area contributed by atoms with E-state index in [9.17, 15) is 24.0 Å². The largest absolute Gasteiger partial charge is 0.370 e. The Kier molecular flexibility index (Phi) is 8.57. The molecule has 3 rings (SSSR count). The Balaban J connectivity index is 1.67. The molecule has 5 amide bonds. The average molecular weight is 587 g/mol. The molecule has 0 saturated carbocycles. The fourth-order valence-electron chi connectivity index (χ4n) is 3.53. The number of amides is 5. The first-order valence-corrected chi connectivity index (χ1v) is 12.1. The maximum Gasteiger partial charge on any atom is 0.272 e. The van der Waals surface area contributed by atoms with Gasteiger partial charge in [-0.15, -0.1) is 0 Å². The molecule has 0 aliphatic rings. The third-order valence-electron chi connectivity index (χ3n) is 5.75. The molecule has 0 atom stereocenters. The van der Waals surface area contributed by atoms with Gasteiger partial charge in [0.1, 0.15) is 17.1 Å². The fourth-order valence-corrected chi connectivity index (χ4v) is 3.63. The number of H-pyrrole nitrogens is 3. The van der Waals surface area contributed by atoms with Gasteiger partial charge in [0, 0.05) is 48.2 Å². The molecule has 0 aromatic carbocycles. The monoisotopic (exact) mass is 586 g/mol. The van der Waals surface area contributed by atoms with Crippen LogP contribution in [-0.4, -0.2) is 51.0 Å². The molecule has 0 bridgehead atoms. The molecule has 0 radical (unpaired) electrons. The summed E-state index contributed by atoms with van der Waals surface area (Å²) in [5.74, 6) is -2.36. The molecule has 3 heterocycles. The van der Waals surface area contributed by atoms with Gasteiger partial charge in [0.15, 0.2) is 0 Å². The Bertz CT molecular complexity index is 1450. The highest BCUT2D eigenvalue weighted by atomic mass is 79.9. The van der Waals surface area contributed by atoms with Crippen LogP contribution in [0.4, 0.5) is 17.1 Å². The highest BCUT2D eigenvalue weighted by molar-refractivity contribution is 9.12. The van der Waals surface area contributed by atoms with Crippen molar-refractivity contribution in [1.29, 1.82) is 0 Å². The Labute approximate surface area is 225 Å². The van der Waals surface area contributed by atoms with E-state index < -0.39 is 29.5 Å². The Morgan fingerprint density at radius 3 is 1.55 bits per heavy atom. The number of anilines is 3. The highest BCUT2D eigenvalue weighted by Crippen LogP contribution is 2.25. The van der Waals surface area contributed by atoms with Crippen LogP contribution in [-0.2, 0) is 9.59 Å². The van der Waals surface area contributed by atoms with Crippen LogP contribution in [0.2, 0.25) is 0 Å². The molecule has 13 nitrogen and oxygen atoms in total. The number of carbonyl (C=O) groups is 5. The van der Waals surface area contributed by atoms with Gasteiger partial charge in [-0.05, 0) is 36.7 Å². The molecule has 14 heteroatoms. The van der Waals surface area contributed by atoms with Gasteiger partial charge >= 0.3 is 0 Å². The molecule has 0 aliphatic carbocycles. The molecule has 0 fully saturated rings. The van der Waals surface area contributed by atoms with Gasteiger partial charge < -0.3 is 42.0 Å². The van der Waals surface area contributed by atoms with E-state index in [0.29, 0.717) is 33.8 Å². The van der Waals surface area contributed by atoms with E-state index in [-0.39, 0.29) is 34.5 Å². The van der Waals surface area contributed by atoms with Gasteiger partial charge in [0.2, 0.25) is 5.91 Å². The summed E-state index contributed by atoms with van der Waals surface area (Å²) in [5, 5.41) is 10.7. The number of hydrogen-bond acceptors (Lipinski definition) is 5. The molecular formula is C24H27BrN8O5. The number of aromatic amines is 3. The van der Waals surface area contributed by atoms with Crippen LogP contribution in [0.3, 0.4) is 0 Å². The Morgan fingerprint density at radius 2 is 1.16 bits per heavy atom. The summed E-state index contributed by atoms with van der Waals surface area (Å²) in [4.78, 5) is 69.3. The lowest BCUT2D eigenvalue weighted by Gasteiger charge is -2.07. The van der Waals surface area contributed by atoms with E-state index >= 15 is 0 Å². The molecular weight excluding hydrogens is 560 g/mol. The number of nitrogens with two attached hydrogens (primary N) is 1. The number of primary amides is 1. The molecule has 9 N–H and O–H groups in total. The summed E-state index contributed by atoms with van der Waals surface area (Å²) in [5.41, 5.74) is 8.45. The topological polar surface area (TPSA) is 207 Å². The van der Waals surface area contributed by atoms with E-state index in [1.54, 1.807) is 20.8 Å². The van der Waals surface area contributed by atoms with Gasteiger partial charge in [0.05, 0.1) is 21.5 Å². The first-order valence-electron chi connectivity index (χ1n) is 11.3.